The topological polar surface area (TPSA) is 134 Å². The number of morpholine rings is 1. The zero-order valence-electron chi connectivity index (χ0n) is 24.1. The summed E-state index contributed by atoms with van der Waals surface area (Å²) in [6.07, 6.45) is 4.79. The van der Waals surface area contributed by atoms with Crippen molar-refractivity contribution in [2.75, 3.05) is 30.0 Å². The first-order chi connectivity index (χ1) is 20.7. The number of carbonyl (C=O) groups is 2. The minimum atomic E-state index is -3.92. The molecule has 1 atom stereocenters. The molecule has 2 saturated carbocycles. The van der Waals surface area contributed by atoms with Crippen molar-refractivity contribution >= 4 is 49.9 Å². The number of benzene rings is 1. The van der Waals surface area contributed by atoms with E-state index in [-0.39, 0.29) is 35.4 Å². The lowest BCUT2D eigenvalue weighted by atomic mass is 9.94. The van der Waals surface area contributed by atoms with Crippen molar-refractivity contribution < 1.29 is 22.7 Å². The Labute approximate surface area is 254 Å². The van der Waals surface area contributed by atoms with E-state index in [1.807, 2.05) is 24.0 Å². The zero-order valence-corrected chi connectivity index (χ0v) is 25.8. The van der Waals surface area contributed by atoms with Crippen LogP contribution in [0, 0.1) is 12.8 Å². The molecule has 3 aromatic rings. The van der Waals surface area contributed by atoms with Crippen molar-refractivity contribution in [1.29, 1.82) is 0 Å². The van der Waals surface area contributed by atoms with E-state index in [1.54, 1.807) is 23.1 Å². The van der Waals surface area contributed by atoms with Crippen LogP contribution in [-0.2, 0) is 26.1 Å². The minimum absolute atomic E-state index is 0.0336. The highest BCUT2D eigenvalue weighted by atomic mass is 32.2. The van der Waals surface area contributed by atoms with Crippen molar-refractivity contribution in [2.45, 2.75) is 69.5 Å². The molecule has 2 N–H and O–H groups in total. The lowest BCUT2D eigenvalue weighted by Crippen LogP contribution is -2.42. The molecule has 2 aliphatic carbocycles. The lowest BCUT2D eigenvalue weighted by molar-refractivity contribution is -0.125. The Morgan fingerprint density at radius 3 is 2.65 bits per heavy atom. The Bertz CT molecular complexity index is 1720. The van der Waals surface area contributed by atoms with Crippen molar-refractivity contribution in [3.63, 3.8) is 0 Å². The predicted octanol–water partition coefficient (Wildman–Crippen LogP) is 4.21. The van der Waals surface area contributed by atoms with Crippen LogP contribution in [0.25, 0.3) is 10.4 Å². The van der Waals surface area contributed by atoms with Crippen LogP contribution in [-0.4, -0.2) is 66.9 Å². The van der Waals surface area contributed by atoms with Gasteiger partial charge in [0.05, 0.1) is 34.2 Å². The van der Waals surface area contributed by atoms with Crippen molar-refractivity contribution in [1.82, 2.24) is 19.6 Å². The molecule has 0 unspecified atom stereocenters. The molecule has 4 aliphatic rings. The van der Waals surface area contributed by atoms with Crippen LogP contribution in [0.1, 0.15) is 60.6 Å². The number of anilines is 3. The molecule has 1 aromatic carbocycles. The number of carbonyl (C=O) groups excluding carboxylic acids is 2. The summed E-state index contributed by atoms with van der Waals surface area (Å²) in [5.41, 5.74) is 2.47. The van der Waals surface area contributed by atoms with Gasteiger partial charge in [0.15, 0.2) is 5.13 Å². The number of aryl methyl sites for hydroxylation is 1. The van der Waals surface area contributed by atoms with E-state index >= 15 is 0 Å². The molecule has 2 aromatic heterocycles. The van der Waals surface area contributed by atoms with E-state index in [0.717, 1.165) is 48.2 Å². The Morgan fingerprint density at radius 2 is 1.93 bits per heavy atom. The molecule has 0 radical (unpaired) electrons. The van der Waals surface area contributed by atoms with Crippen LogP contribution >= 0.6 is 11.3 Å². The van der Waals surface area contributed by atoms with E-state index in [9.17, 15) is 18.0 Å². The fourth-order valence-corrected chi connectivity index (χ4v) is 8.52. The first-order valence-electron chi connectivity index (χ1n) is 14.8. The largest absolute Gasteiger partial charge is 0.370 e. The maximum absolute atomic E-state index is 13.7. The Kier molecular flexibility index (Phi) is 7.23. The van der Waals surface area contributed by atoms with Gasteiger partial charge in [-0.15, -0.1) is 0 Å². The van der Waals surface area contributed by atoms with Crippen molar-refractivity contribution in [2.24, 2.45) is 5.92 Å². The van der Waals surface area contributed by atoms with E-state index < -0.39 is 10.0 Å². The van der Waals surface area contributed by atoms with Crippen LogP contribution in [0.3, 0.4) is 0 Å². The first kappa shape index (κ1) is 28.4. The van der Waals surface area contributed by atoms with Gasteiger partial charge in [-0.2, -0.15) is 0 Å². The van der Waals surface area contributed by atoms with Gasteiger partial charge in [0, 0.05) is 18.6 Å². The van der Waals surface area contributed by atoms with Crippen LogP contribution in [0.4, 0.5) is 16.8 Å². The van der Waals surface area contributed by atoms with Crippen LogP contribution in [0.2, 0.25) is 0 Å². The number of rotatable bonds is 9. The average Bonchev–Trinajstić information content (AvgIpc) is 3.68. The molecular weight excluding hydrogens is 589 g/mol. The molecule has 13 heteroatoms. The van der Waals surface area contributed by atoms with E-state index in [0.29, 0.717) is 53.5 Å². The average molecular weight is 623 g/mol. The molecule has 0 bridgehead atoms. The molecule has 4 heterocycles. The summed E-state index contributed by atoms with van der Waals surface area (Å²) in [5, 5.41) is 3.84. The number of sulfonamides is 1. The summed E-state index contributed by atoms with van der Waals surface area (Å²) in [4.78, 5) is 39.6. The fraction of sp³-hybridized carbons (Fsp3) is 0.467. The molecule has 2 amide bonds. The third-order valence-corrected chi connectivity index (χ3v) is 11.5. The number of nitrogens with zero attached hydrogens (tertiary/aromatic N) is 4. The van der Waals surface area contributed by atoms with Gasteiger partial charge in [-0.1, -0.05) is 23.8 Å². The third-order valence-electron chi connectivity index (χ3n) is 8.80. The molecule has 3 fully saturated rings. The number of hydrogen-bond acceptors (Lipinski definition) is 9. The van der Waals surface area contributed by atoms with Crippen molar-refractivity contribution in [3.8, 4) is 10.4 Å². The minimum Gasteiger partial charge on any atom is -0.370 e. The zero-order chi connectivity index (χ0) is 29.9. The van der Waals surface area contributed by atoms with Gasteiger partial charge in [-0.25, -0.2) is 23.1 Å². The number of nitrogens with one attached hydrogen (secondary N) is 2. The molecule has 7 rings (SSSR count). The number of hydrogen-bond donors (Lipinski definition) is 2. The predicted molar refractivity (Wildman–Crippen MR) is 163 cm³/mol. The standard InChI is InChI=1S/C30H34N6O5S2/c1-17-28(42-30(31-17)33-24-7-4-8-25(32-24)35-11-12-41-16-26(35)37)20-13-21-15-36(18(2)19-9-10-19)29(38)27(21)23(14-20)43(39,40)34-22-5-3-6-22/h4,7-8,13-14,18-19,22,34H,3,5-6,9-12,15-16H2,1-2H3,(H,31,32,33)/t18-/m0/s1. The smallest absolute Gasteiger partial charge is 0.256 e. The van der Waals surface area contributed by atoms with E-state index in [2.05, 4.69) is 21.9 Å². The monoisotopic (exact) mass is 622 g/mol. The van der Waals surface area contributed by atoms with Gasteiger partial charge >= 0.3 is 0 Å². The maximum atomic E-state index is 13.7. The van der Waals surface area contributed by atoms with Gasteiger partial charge in [0.1, 0.15) is 18.2 Å². The van der Waals surface area contributed by atoms with Gasteiger partial charge in [0.2, 0.25) is 10.0 Å². The second-order valence-electron chi connectivity index (χ2n) is 11.8. The van der Waals surface area contributed by atoms with E-state index in [1.165, 1.54) is 11.3 Å². The maximum Gasteiger partial charge on any atom is 0.256 e. The number of amides is 2. The molecule has 226 valence electrons. The Hall–Kier alpha value is -3.39. The van der Waals surface area contributed by atoms with Gasteiger partial charge in [-0.3, -0.25) is 14.5 Å². The number of ether oxygens (including phenoxy) is 1. The molecule has 1 saturated heterocycles. The lowest BCUT2D eigenvalue weighted by Gasteiger charge is -2.26. The molecule has 43 heavy (non-hydrogen) atoms. The van der Waals surface area contributed by atoms with E-state index in [4.69, 9.17) is 9.72 Å². The summed E-state index contributed by atoms with van der Waals surface area (Å²) in [7, 11) is -3.92. The normalized spacial score (nSPS) is 19.9. The molecule has 2 aliphatic heterocycles. The van der Waals surface area contributed by atoms with Crippen LogP contribution < -0.4 is 14.9 Å². The summed E-state index contributed by atoms with van der Waals surface area (Å²) >= 11 is 1.39. The number of fused-ring (bicyclic) bond motifs is 1. The first-order valence-corrected chi connectivity index (χ1v) is 17.1. The van der Waals surface area contributed by atoms with Crippen molar-refractivity contribution in [3.05, 3.63) is 47.2 Å². The summed E-state index contributed by atoms with van der Waals surface area (Å²) in [6, 6.07) is 8.96. The highest BCUT2D eigenvalue weighted by Crippen LogP contribution is 2.42. The Balaban J connectivity index is 1.22. The number of thiazole rings is 1. The molecular formula is C30H34N6O5S2. The third kappa shape index (κ3) is 5.43. The Morgan fingerprint density at radius 1 is 1.12 bits per heavy atom. The SMILES string of the molecule is Cc1nc(Nc2cccc(N3CCOCC3=O)n2)sc1-c1cc2c(c(S(=O)(=O)NC3CCC3)c1)C(=O)N([C@@H](C)C1CC1)C2. The molecule has 0 spiro atoms. The second-order valence-corrected chi connectivity index (χ2v) is 14.5. The van der Waals surface area contributed by atoms with Gasteiger partial charge in [-0.05, 0) is 80.8 Å². The number of pyridine rings is 1. The van der Waals surface area contributed by atoms with Gasteiger partial charge < -0.3 is 15.0 Å². The molecule has 11 nitrogen and oxygen atoms in total. The summed E-state index contributed by atoms with van der Waals surface area (Å²) < 4.78 is 35.5. The highest BCUT2D eigenvalue weighted by molar-refractivity contribution is 7.89. The fourth-order valence-electron chi connectivity index (χ4n) is 5.98. The van der Waals surface area contributed by atoms with Crippen LogP contribution in [0.15, 0.2) is 35.2 Å². The number of aromatic nitrogens is 2. The van der Waals surface area contributed by atoms with Crippen LogP contribution in [0.5, 0.6) is 0 Å². The highest BCUT2D eigenvalue weighted by Gasteiger charge is 2.42. The quantitative estimate of drug-likeness (QED) is 0.363. The summed E-state index contributed by atoms with van der Waals surface area (Å²) in [6.45, 7) is 5.27. The van der Waals surface area contributed by atoms with Gasteiger partial charge in [0.25, 0.3) is 11.8 Å². The second kappa shape index (κ2) is 11.0. The summed E-state index contributed by atoms with van der Waals surface area (Å²) in [5.74, 6) is 1.20.